The first-order chi connectivity index (χ1) is 5.74. The summed E-state index contributed by atoms with van der Waals surface area (Å²) in [5.41, 5.74) is 1.98. The first kappa shape index (κ1) is 9.20. The van der Waals surface area contributed by atoms with Gasteiger partial charge >= 0.3 is 0 Å². The minimum absolute atomic E-state index is 0.409. The minimum Gasteiger partial charge on any atom is -0.389 e. The lowest BCUT2D eigenvalue weighted by molar-refractivity contribution is 0.199. The van der Waals surface area contributed by atoms with Crippen LogP contribution in [0.4, 0.5) is 0 Å². The summed E-state index contributed by atoms with van der Waals surface area (Å²) in [4.78, 5) is 4.23. The molecule has 0 saturated heterocycles. The molecule has 2 nitrogen and oxygen atoms in total. The minimum atomic E-state index is -0.409. The fraction of sp³-hybridized carbons (Fsp3) is 0.500. The Labute approximate surface area is 73.3 Å². The molecule has 1 rings (SSSR count). The third-order valence-corrected chi connectivity index (χ3v) is 1.84. The van der Waals surface area contributed by atoms with Gasteiger partial charge in [0.1, 0.15) is 0 Å². The van der Waals surface area contributed by atoms with Crippen molar-refractivity contribution in [3.8, 4) is 0 Å². The molecule has 0 radical (unpaired) electrons. The van der Waals surface area contributed by atoms with E-state index in [1.165, 1.54) is 0 Å². The number of hydrogen-bond donors (Lipinski definition) is 1. The summed E-state index contributed by atoms with van der Waals surface area (Å²) in [6.45, 7) is 3.88. The number of aryl methyl sites for hydroxylation is 1. The van der Waals surface area contributed by atoms with Crippen LogP contribution in [0.5, 0.6) is 0 Å². The molecule has 1 aromatic rings. The van der Waals surface area contributed by atoms with Crippen molar-refractivity contribution < 1.29 is 5.11 Å². The van der Waals surface area contributed by atoms with Gasteiger partial charge in [0.05, 0.1) is 6.10 Å². The molecular weight excluding hydrogens is 150 g/mol. The van der Waals surface area contributed by atoms with Crippen molar-refractivity contribution in [1.82, 2.24) is 4.98 Å². The van der Waals surface area contributed by atoms with Gasteiger partial charge in [-0.1, -0.05) is 19.4 Å². The molecule has 12 heavy (non-hydrogen) atoms. The molecule has 66 valence electrons. The first-order valence-electron chi connectivity index (χ1n) is 4.37. The molecule has 1 unspecified atom stereocenters. The van der Waals surface area contributed by atoms with E-state index < -0.39 is 6.10 Å². The lowest BCUT2D eigenvalue weighted by atomic mass is 10.1. The van der Waals surface area contributed by atoms with Gasteiger partial charge in [0, 0.05) is 11.9 Å². The molecule has 0 aliphatic carbocycles. The fourth-order valence-corrected chi connectivity index (χ4v) is 1.09. The summed E-state index contributed by atoms with van der Waals surface area (Å²) in [7, 11) is 0. The van der Waals surface area contributed by atoms with Crippen LogP contribution in [0, 0.1) is 0 Å². The number of nitrogens with zero attached hydrogens (tertiary/aromatic N) is 1. The lowest BCUT2D eigenvalue weighted by Gasteiger charge is -2.04. The van der Waals surface area contributed by atoms with E-state index in [2.05, 4.69) is 11.9 Å². The standard InChI is InChI=1S/C10H15NO/c1-3-4-10-6-5-9(7-11-10)8(2)12/h5-8,12H,3-4H2,1-2H3. The Kier molecular flexibility index (Phi) is 3.23. The number of aliphatic hydroxyl groups excluding tert-OH is 1. The Morgan fingerprint density at radius 3 is 2.67 bits per heavy atom. The van der Waals surface area contributed by atoms with Gasteiger partial charge in [-0.3, -0.25) is 4.98 Å². The Morgan fingerprint density at radius 2 is 2.25 bits per heavy atom. The molecule has 1 N–H and O–H groups in total. The molecular formula is C10H15NO. The quantitative estimate of drug-likeness (QED) is 0.744. The van der Waals surface area contributed by atoms with Crippen LogP contribution in [0.2, 0.25) is 0 Å². The van der Waals surface area contributed by atoms with Crippen LogP contribution in [-0.4, -0.2) is 10.1 Å². The van der Waals surface area contributed by atoms with Crippen LogP contribution in [0.3, 0.4) is 0 Å². The van der Waals surface area contributed by atoms with E-state index in [9.17, 15) is 5.11 Å². The highest BCUT2D eigenvalue weighted by Crippen LogP contribution is 2.10. The van der Waals surface area contributed by atoms with Crippen molar-refractivity contribution in [3.63, 3.8) is 0 Å². The third kappa shape index (κ3) is 2.31. The molecule has 0 fully saturated rings. The summed E-state index contributed by atoms with van der Waals surface area (Å²) in [5.74, 6) is 0. The van der Waals surface area contributed by atoms with E-state index >= 15 is 0 Å². The Hall–Kier alpha value is -0.890. The van der Waals surface area contributed by atoms with Crippen molar-refractivity contribution in [2.75, 3.05) is 0 Å². The first-order valence-corrected chi connectivity index (χ1v) is 4.37. The Morgan fingerprint density at radius 1 is 1.50 bits per heavy atom. The zero-order valence-corrected chi connectivity index (χ0v) is 7.62. The second-order valence-electron chi connectivity index (χ2n) is 3.01. The zero-order valence-electron chi connectivity index (χ0n) is 7.62. The van der Waals surface area contributed by atoms with Crippen LogP contribution in [0.1, 0.15) is 37.6 Å². The van der Waals surface area contributed by atoms with Gasteiger partial charge in [0.2, 0.25) is 0 Å². The maximum Gasteiger partial charge on any atom is 0.0776 e. The van der Waals surface area contributed by atoms with Crippen molar-refractivity contribution in [3.05, 3.63) is 29.6 Å². The van der Waals surface area contributed by atoms with Crippen molar-refractivity contribution in [2.24, 2.45) is 0 Å². The van der Waals surface area contributed by atoms with Crippen LogP contribution in [0.25, 0.3) is 0 Å². The van der Waals surface area contributed by atoms with Crippen LogP contribution in [0.15, 0.2) is 18.3 Å². The summed E-state index contributed by atoms with van der Waals surface area (Å²) < 4.78 is 0. The predicted octanol–water partition coefficient (Wildman–Crippen LogP) is 2.09. The van der Waals surface area contributed by atoms with Crippen molar-refractivity contribution >= 4 is 0 Å². The van der Waals surface area contributed by atoms with E-state index in [-0.39, 0.29) is 0 Å². The molecule has 0 amide bonds. The van der Waals surface area contributed by atoms with Gasteiger partial charge in [0.25, 0.3) is 0 Å². The normalized spacial score (nSPS) is 12.9. The van der Waals surface area contributed by atoms with Crippen molar-refractivity contribution in [1.29, 1.82) is 0 Å². The molecule has 0 saturated carbocycles. The molecule has 2 heteroatoms. The number of rotatable bonds is 3. The summed E-state index contributed by atoms with van der Waals surface area (Å²) in [5, 5.41) is 9.20. The van der Waals surface area contributed by atoms with Crippen LogP contribution in [-0.2, 0) is 6.42 Å². The number of hydrogen-bond acceptors (Lipinski definition) is 2. The highest BCUT2D eigenvalue weighted by atomic mass is 16.3. The molecule has 0 aromatic carbocycles. The van der Waals surface area contributed by atoms with Crippen LogP contribution >= 0.6 is 0 Å². The highest BCUT2D eigenvalue weighted by Gasteiger charge is 2.00. The molecule has 1 aromatic heterocycles. The molecule has 0 bridgehead atoms. The second kappa shape index (κ2) is 4.21. The SMILES string of the molecule is CCCc1ccc(C(C)O)cn1. The summed E-state index contributed by atoms with van der Waals surface area (Å²) >= 11 is 0. The molecule has 0 spiro atoms. The van der Waals surface area contributed by atoms with E-state index in [1.807, 2.05) is 12.1 Å². The number of aliphatic hydroxyl groups is 1. The molecule has 1 atom stereocenters. The van der Waals surface area contributed by atoms with Crippen LogP contribution < -0.4 is 0 Å². The molecule has 0 aliphatic rings. The van der Waals surface area contributed by atoms with E-state index in [0.717, 1.165) is 24.1 Å². The largest absolute Gasteiger partial charge is 0.389 e. The Bertz CT molecular complexity index is 228. The van der Waals surface area contributed by atoms with Crippen molar-refractivity contribution in [2.45, 2.75) is 32.8 Å². The molecule has 0 aliphatic heterocycles. The topological polar surface area (TPSA) is 33.1 Å². The maximum absolute atomic E-state index is 9.20. The smallest absolute Gasteiger partial charge is 0.0776 e. The predicted molar refractivity (Wildman–Crippen MR) is 48.9 cm³/mol. The van der Waals surface area contributed by atoms with Gasteiger partial charge in [-0.25, -0.2) is 0 Å². The number of aromatic nitrogens is 1. The van der Waals surface area contributed by atoms with Gasteiger partial charge in [-0.2, -0.15) is 0 Å². The van der Waals surface area contributed by atoms with Gasteiger partial charge in [0.15, 0.2) is 0 Å². The average molecular weight is 165 g/mol. The number of pyridine rings is 1. The average Bonchev–Trinajstić information content (AvgIpc) is 2.06. The summed E-state index contributed by atoms with van der Waals surface area (Å²) in [6, 6.07) is 3.91. The second-order valence-corrected chi connectivity index (χ2v) is 3.01. The van der Waals surface area contributed by atoms with Gasteiger partial charge < -0.3 is 5.11 Å². The lowest BCUT2D eigenvalue weighted by Crippen LogP contribution is -1.94. The Balaban J connectivity index is 2.71. The van der Waals surface area contributed by atoms with E-state index in [1.54, 1.807) is 13.1 Å². The third-order valence-electron chi connectivity index (χ3n) is 1.84. The van der Waals surface area contributed by atoms with Gasteiger partial charge in [-0.15, -0.1) is 0 Å². The maximum atomic E-state index is 9.20. The molecule has 1 heterocycles. The van der Waals surface area contributed by atoms with Gasteiger partial charge in [-0.05, 0) is 25.0 Å². The monoisotopic (exact) mass is 165 g/mol. The summed E-state index contributed by atoms with van der Waals surface area (Å²) in [6.07, 6.45) is 3.46. The zero-order chi connectivity index (χ0) is 8.97. The fourth-order valence-electron chi connectivity index (χ4n) is 1.09. The van der Waals surface area contributed by atoms with E-state index in [0.29, 0.717) is 0 Å². The highest BCUT2D eigenvalue weighted by molar-refractivity contribution is 5.15. The van der Waals surface area contributed by atoms with E-state index in [4.69, 9.17) is 0 Å².